The molecule has 2 rings (SSSR count). The van der Waals surface area contributed by atoms with Crippen molar-refractivity contribution in [3.63, 3.8) is 0 Å². The van der Waals surface area contributed by atoms with Crippen LogP contribution in [0.1, 0.15) is 27.4 Å². The van der Waals surface area contributed by atoms with Gasteiger partial charge in [-0.25, -0.2) is 0 Å². The van der Waals surface area contributed by atoms with Crippen molar-refractivity contribution >= 4 is 22.9 Å². The van der Waals surface area contributed by atoms with Crippen molar-refractivity contribution in [2.24, 2.45) is 0 Å². The van der Waals surface area contributed by atoms with Crippen LogP contribution in [0.15, 0.2) is 6.07 Å². The summed E-state index contributed by atoms with van der Waals surface area (Å²) < 4.78 is 38.6. The summed E-state index contributed by atoms with van der Waals surface area (Å²) in [6, 6.07) is 1.06. The number of carbonyl (C=O) groups is 1. The number of thiophene rings is 1. The highest BCUT2D eigenvalue weighted by molar-refractivity contribution is 7.14. The number of aryl methyl sites for hydroxylation is 1. The number of nitrogens with zero attached hydrogens (tertiary/aromatic N) is 2. The lowest BCUT2D eigenvalue weighted by Gasteiger charge is -2.39. The second kappa shape index (κ2) is 5.51. The molecule has 1 aliphatic rings. The van der Waals surface area contributed by atoms with Gasteiger partial charge in [-0.3, -0.25) is 14.9 Å². The van der Waals surface area contributed by atoms with Crippen LogP contribution >= 0.6 is 11.3 Å². The third-order valence-electron chi connectivity index (χ3n) is 3.58. The molecule has 0 bridgehead atoms. The predicted molar refractivity (Wildman–Crippen MR) is 71.9 cm³/mol. The number of β-amino-alcohol motifs (C(OH)–C–C–N with tert-alkyl or cyclic N) is 1. The normalized spacial score (nSPS) is 22.7. The minimum Gasteiger partial charge on any atom is -0.379 e. The molecule has 1 aromatic rings. The predicted octanol–water partition coefficient (Wildman–Crippen LogP) is 2.49. The molecular formula is C12H13F3N2O4S. The molecule has 0 saturated carbocycles. The van der Waals surface area contributed by atoms with Gasteiger partial charge < -0.3 is 10.0 Å². The zero-order valence-corrected chi connectivity index (χ0v) is 12.3. The van der Waals surface area contributed by atoms with E-state index in [0.29, 0.717) is 4.88 Å². The largest absolute Gasteiger partial charge is 0.418 e. The second-order valence-electron chi connectivity index (χ2n) is 5.17. The first kappa shape index (κ1) is 16.7. The Morgan fingerprint density at radius 2 is 2.18 bits per heavy atom. The number of piperidine rings is 1. The lowest BCUT2D eigenvalue weighted by atomic mass is 9.92. The molecule has 0 radical (unpaired) electrons. The van der Waals surface area contributed by atoms with Gasteiger partial charge in [-0.1, -0.05) is 0 Å². The minimum atomic E-state index is -4.83. The summed E-state index contributed by atoms with van der Waals surface area (Å²) in [6.07, 6.45) is -5.29. The van der Waals surface area contributed by atoms with Crippen LogP contribution < -0.4 is 0 Å². The maximum Gasteiger partial charge on any atom is 0.418 e. The maximum absolute atomic E-state index is 12.9. The summed E-state index contributed by atoms with van der Waals surface area (Å²) in [4.78, 5) is 23.6. The average Bonchev–Trinajstić information content (AvgIpc) is 2.79. The Labute approximate surface area is 127 Å². The van der Waals surface area contributed by atoms with E-state index in [9.17, 15) is 33.2 Å². The molecule has 1 atom stereocenters. The van der Waals surface area contributed by atoms with Gasteiger partial charge in [-0.05, 0) is 19.8 Å². The summed E-state index contributed by atoms with van der Waals surface area (Å²) in [5, 5.41) is 20.5. The van der Waals surface area contributed by atoms with Gasteiger partial charge >= 0.3 is 6.18 Å². The third-order valence-corrected chi connectivity index (χ3v) is 4.61. The van der Waals surface area contributed by atoms with E-state index < -0.39 is 35.6 Å². The number of aliphatic hydroxyl groups is 1. The average molecular weight is 338 g/mol. The highest BCUT2D eigenvalue weighted by atomic mass is 32.1. The van der Waals surface area contributed by atoms with E-state index in [4.69, 9.17) is 0 Å². The van der Waals surface area contributed by atoms with Crippen molar-refractivity contribution in [2.45, 2.75) is 31.5 Å². The molecule has 0 unspecified atom stereocenters. The van der Waals surface area contributed by atoms with Gasteiger partial charge in [-0.15, -0.1) is 11.3 Å². The van der Waals surface area contributed by atoms with Crippen molar-refractivity contribution in [3.05, 3.63) is 25.9 Å². The number of hydrogen-bond acceptors (Lipinski definition) is 5. The molecule has 1 amide bonds. The molecule has 6 nitrogen and oxygen atoms in total. The van der Waals surface area contributed by atoms with Crippen LogP contribution in [0, 0.1) is 17.0 Å². The molecular weight excluding hydrogens is 325 g/mol. The van der Waals surface area contributed by atoms with Crippen LogP contribution in [0.4, 0.5) is 18.9 Å². The molecule has 22 heavy (non-hydrogen) atoms. The van der Waals surface area contributed by atoms with E-state index in [-0.39, 0.29) is 23.5 Å². The van der Waals surface area contributed by atoms with Crippen molar-refractivity contribution in [3.8, 4) is 0 Å². The Bertz CT molecular complexity index is 616. The fourth-order valence-electron chi connectivity index (χ4n) is 2.36. The standard InChI is InChI=1S/C12H13F3N2O4S/c1-7-8(17(20)21)5-9(22-7)10(18)16-4-2-3-11(19,6-16)12(13,14)15/h5,19H,2-4,6H2,1H3/t11-/m0/s1. The molecule has 1 N–H and O–H groups in total. The van der Waals surface area contributed by atoms with E-state index in [1.165, 1.54) is 6.92 Å². The van der Waals surface area contributed by atoms with Crippen LogP contribution in [0.3, 0.4) is 0 Å². The zero-order chi connectivity index (χ0) is 16.7. The Hall–Kier alpha value is -1.68. The number of alkyl halides is 3. The van der Waals surface area contributed by atoms with Crippen LogP contribution in [-0.2, 0) is 0 Å². The van der Waals surface area contributed by atoms with Gasteiger partial charge in [0.1, 0.15) is 0 Å². The first-order chi connectivity index (χ1) is 10.0. The van der Waals surface area contributed by atoms with Crippen molar-refractivity contribution < 1.29 is 28.0 Å². The van der Waals surface area contributed by atoms with E-state index in [1.54, 1.807) is 0 Å². The van der Waals surface area contributed by atoms with E-state index in [0.717, 1.165) is 22.3 Å². The van der Waals surface area contributed by atoms with Crippen LogP contribution in [0.5, 0.6) is 0 Å². The summed E-state index contributed by atoms with van der Waals surface area (Å²) in [5.74, 6) is -0.733. The SMILES string of the molecule is Cc1sc(C(=O)N2CCC[C@@](O)(C(F)(F)F)C2)cc1[N+](=O)[O-]. The molecule has 1 aliphatic heterocycles. The number of hydrogen-bond donors (Lipinski definition) is 1. The topological polar surface area (TPSA) is 83.7 Å². The lowest BCUT2D eigenvalue weighted by molar-refractivity contribution is -0.385. The number of rotatable bonds is 2. The maximum atomic E-state index is 12.9. The van der Waals surface area contributed by atoms with Gasteiger partial charge in [0.2, 0.25) is 0 Å². The molecule has 0 aromatic carbocycles. The number of halogens is 3. The second-order valence-corrected chi connectivity index (χ2v) is 6.43. The van der Waals surface area contributed by atoms with E-state index >= 15 is 0 Å². The molecule has 122 valence electrons. The fraction of sp³-hybridized carbons (Fsp3) is 0.583. The van der Waals surface area contributed by atoms with Crippen LogP contribution in [0.2, 0.25) is 0 Å². The summed E-state index contributed by atoms with van der Waals surface area (Å²) in [5.41, 5.74) is -3.17. The highest BCUT2D eigenvalue weighted by Crippen LogP contribution is 2.38. The van der Waals surface area contributed by atoms with E-state index in [2.05, 4.69) is 0 Å². The Morgan fingerprint density at radius 1 is 1.55 bits per heavy atom. The quantitative estimate of drug-likeness (QED) is 0.663. The van der Waals surface area contributed by atoms with Crippen molar-refractivity contribution in [1.29, 1.82) is 0 Å². The first-order valence-electron chi connectivity index (χ1n) is 6.38. The molecule has 10 heteroatoms. The van der Waals surface area contributed by atoms with Crippen molar-refractivity contribution in [2.75, 3.05) is 13.1 Å². The Kier molecular flexibility index (Phi) is 4.18. The Morgan fingerprint density at radius 3 is 2.68 bits per heavy atom. The van der Waals surface area contributed by atoms with Crippen LogP contribution in [-0.4, -0.2) is 45.7 Å². The lowest BCUT2D eigenvalue weighted by Crippen LogP contribution is -2.58. The molecule has 2 heterocycles. The van der Waals surface area contributed by atoms with Gasteiger partial charge in [0.25, 0.3) is 11.6 Å². The molecule has 1 fully saturated rings. The molecule has 1 aromatic heterocycles. The highest BCUT2D eigenvalue weighted by Gasteiger charge is 2.56. The van der Waals surface area contributed by atoms with Gasteiger partial charge in [0.05, 0.1) is 21.2 Å². The molecule has 1 saturated heterocycles. The number of amides is 1. The van der Waals surface area contributed by atoms with Gasteiger partial charge in [0, 0.05) is 12.6 Å². The molecule has 0 spiro atoms. The Balaban J connectivity index is 2.23. The number of carbonyl (C=O) groups excluding carboxylic acids is 1. The van der Waals surface area contributed by atoms with Crippen molar-refractivity contribution in [1.82, 2.24) is 4.90 Å². The van der Waals surface area contributed by atoms with Crippen LogP contribution in [0.25, 0.3) is 0 Å². The zero-order valence-electron chi connectivity index (χ0n) is 11.5. The minimum absolute atomic E-state index is 0.00405. The summed E-state index contributed by atoms with van der Waals surface area (Å²) in [6.45, 7) is 0.671. The van der Waals surface area contributed by atoms with Gasteiger partial charge in [-0.2, -0.15) is 13.2 Å². The summed E-state index contributed by atoms with van der Waals surface area (Å²) >= 11 is 0.856. The monoisotopic (exact) mass is 338 g/mol. The fourth-order valence-corrected chi connectivity index (χ4v) is 3.31. The van der Waals surface area contributed by atoms with Gasteiger partial charge in [0.15, 0.2) is 5.60 Å². The third kappa shape index (κ3) is 2.93. The number of likely N-dealkylation sites (tertiary alicyclic amines) is 1. The summed E-state index contributed by atoms with van der Waals surface area (Å²) in [7, 11) is 0. The first-order valence-corrected chi connectivity index (χ1v) is 7.20. The van der Waals surface area contributed by atoms with E-state index in [1.807, 2.05) is 0 Å². The molecule has 0 aliphatic carbocycles. The smallest absolute Gasteiger partial charge is 0.379 e. The number of nitro groups is 1.